The van der Waals surface area contributed by atoms with E-state index in [0.717, 1.165) is 0 Å². The number of nitriles is 3. The quantitative estimate of drug-likeness (QED) is 0.856. The third-order valence-corrected chi connectivity index (χ3v) is 3.07. The van der Waals surface area contributed by atoms with Crippen molar-refractivity contribution in [2.24, 2.45) is 9.98 Å². The fourth-order valence-electron chi connectivity index (χ4n) is 1.56. The molecular formula is C13H3Cl2N5O. The van der Waals surface area contributed by atoms with Gasteiger partial charge in [-0.15, -0.1) is 0 Å². The molecule has 0 radical (unpaired) electrons. The van der Waals surface area contributed by atoms with Crippen molar-refractivity contribution in [2.45, 2.75) is 0 Å². The average molecular weight is 316 g/mol. The van der Waals surface area contributed by atoms with Crippen LogP contribution in [0.3, 0.4) is 0 Å². The molecule has 0 aliphatic carbocycles. The van der Waals surface area contributed by atoms with Crippen LogP contribution in [0.25, 0.3) is 0 Å². The Labute approximate surface area is 129 Å². The largest absolute Gasteiger partial charge is 0.505 e. The van der Waals surface area contributed by atoms with E-state index in [4.69, 9.17) is 39.0 Å². The molecule has 2 rings (SSSR count). The summed E-state index contributed by atoms with van der Waals surface area (Å²) in [7, 11) is 0. The topological polar surface area (TPSA) is 116 Å². The van der Waals surface area contributed by atoms with Gasteiger partial charge < -0.3 is 5.11 Å². The Morgan fingerprint density at radius 2 is 1.57 bits per heavy atom. The number of benzene rings is 1. The molecule has 1 aliphatic rings. The lowest BCUT2D eigenvalue weighted by atomic mass is 10.1. The highest BCUT2D eigenvalue weighted by Crippen LogP contribution is 2.36. The van der Waals surface area contributed by atoms with E-state index in [1.807, 2.05) is 0 Å². The summed E-state index contributed by atoms with van der Waals surface area (Å²) >= 11 is 11.5. The van der Waals surface area contributed by atoms with Gasteiger partial charge in [0, 0.05) is 0 Å². The van der Waals surface area contributed by atoms with Crippen LogP contribution in [0.1, 0.15) is 0 Å². The monoisotopic (exact) mass is 315 g/mol. The first kappa shape index (κ1) is 14.6. The Morgan fingerprint density at radius 1 is 1.00 bits per heavy atom. The van der Waals surface area contributed by atoms with E-state index < -0.39 is 0 Å². The summed E-state index contributed by atoms with van der Waals surface area (Å²) in [6.07, 6.45) is 0. The highest BCUT2D eigenvalue weighted by molar-refractivity contribution is 6.37. The number of phenols is 1. The SMILES string of the molecule is N#CC1=NC(=Nc2cc(Cl)c(O)c(Cl)c2)C(C#N)=C1C#N. The fraction of sp³-hybridized carbons (Fsp3) is 0. The first-order valence-electron chi connectivity index (χ1n) is 5.32. The van der Waals surface area contributed by atoms with Crippen LogP contribution < -0.4 is 0 Å². The van der Waals surface area contributed by atoms with Gasteiger partial charge in [-0.3, -0.25) is 0 Å². The number of hydrogen-bond acceptors (Lipinski definition) is 5. The summed E-state index contributed by atoms with van der Waals surface area (Å²) in [5.41, 5.74) is -0.182. The number of hydrogen-bond donors (Lipinski definition) is 1. The van der Waals surface area contributed by atoms with E-state index in [9.17, 15) is 5.11 Å². The Balaban J connectivity index is 2.61. The van der Waals surface area contributed by atoms with Gasteiger partial charge >= 0.3 is 0 Å². The first-order valence-corrected chi connectivity index (χ1v) is 6.08. The molecule has 1 aromatic rings. The van der Waals surface area contributed by atoms with E-state index in [0.29, 0.717) is 0 Å². The second kappa shape index (κ2) is 5.64. The molecule has 0 spiro atoms. The minimum atomic E-state index is -0.288. The average Bonchev–Trinajstić information content (AvgIpc) is 2.81. The molecular weight excluding hydrogens is 313 g/mol. The summed E-state index contributed by atoms with van der Waals surface area (Å²) in [5.74, 6) is -0.368. The van der Waals surface area contributed by atoms with Gasteiger partial charge in [-0.25, -0.2) is 9.98 Å². The maximum atomic E-state index is 9.46. The van der Waals surface area contributed by atoms with Gasteiger partial charge in [-0.1, -0.05) is 23.2 Å². The molecule has 0 bridgehead atoms. The highest BCUT2D eigenvalue weighted by atomic mass is 35.5. The molecule has 0 amide bonds. The van der Waals surface area contributed by atoms with Crippen molar-refractivity contribution < 1.29 is 5.11 Å². The summed E-state index contributed by atoms with van der Waals surface area (Å²) in [5, 5.41) is 36.3. The molecule has 100 valence electrons. The third-order valence-electron chi connectivity index (χ3n) is 2.49. The predicted octanol–water partition coefficient (Wildman–Crippen LogP) is 3.05. The molecule has 0 atom stereocenters. The minimum absolute atomic E-state index is 0.0210. The number of rotatable bonds is 1. The molecule has 1 aliphatic heterocycles. The molecule has 6 nitrogen and oxygen atoms in total. The molecule has 1 aromatic carbocycles. The normalized spacial score (nSPS) is 15.4. The Bertz CT molecular complexity index is 839. The minimum Gasteiger partial charge on any atom is -0.505 e. The molecule has 8 heteroatoms. The van der Waals surface area contributed by atoms with Crippen molar-refractivity contribution in [1.29, 1.82) is 15.8 Å². The molecule has 0 fully saturated rings. The van der Waals surface area contributed by atoms with Crippen LogP contribution in [-0.2, 0) is 0 Å². The van der Waals surface area contributed by atoms with Crippen molar-refractivity contribution in [3.63, 3.8) is 0 Å². The zero-order valence-electron chi connectivity index (χ0n) is 10.1. The lowest BCUT2D eigenvalue weighted by Gasteiger charge is -2.02. The van der Waals surface area contributed by atoms with Crippen molar-refractivity contribution in [3.05, 3.63) is 33.3 Å². The number of aromatic hydroxyl groups is 1. The molecule has 21 heavy (non-hydrogen) atoms. The van der Waals surface area contributed by atoms with Crippen molar-refractivity contribution in [3.8, 4) is 24.0 Å². The first-order chi connectivity index (χ1) is 10.0. The second-order valence-electron chi connectivity index (χ2n) is 3.74. The van der Waals surface area contributed by atoms with Crippen LogP contribution in [0.2, 0.25) is 10.0 Å². The number of phenolic OH excluding ortho intramolecular Hbond substituents is 1. The summed E-state index contributed by atoms with van der Waals surface area (Å²) in [6.45, 7) is 0. The van der Waals surface area contributed by atoms with Gasteiger partial charge in [-0.2, -0.15) is 15.8 Å². The van der Waals surface area contributed by atoms with Crippen LogP contribution in [0.4, 0.5) is 5.69 Å². The maximum Gasteiger partial charge on any atom is 0.173 e. The van der Waals surface area contributed by atoms with Gasteiger partial charge in [0.05, 0.1) is 15.7 Å². The second-order valence-corrected chi connectivity index (χ2v) is 4.55. The Hall–Kier alpha value is -2.85. The molecule has 0 unspecified atom stereocenters. The zero-order chi connectivity index (χ0) is 15.6. The van der Waals surface area contributed by atoms with Gasteiger partial charge in [0.1, 0.15) is 29.4 Å². The van der Waals surface area contributed by atoms with Gasteiger partial charge in [0.2, 0.25) is 0 Å². The molecule has 0 saturated carbocycles. The van der Waals surface area contributed by atoms with Crippen LogP contribution in [0.5, 0.6) is 5.75 Å². The zero-order valence-corrected chi connectivity index (χ0v) is 11.6. The smallest absolute Gasteiger partial charge is 0.173 e. The van der Waals surface area contributed by atoms with E-state index in [1.54, 1.807) is 18.2 Å². The van der Waals surface area contributed by atoms with Gasteiger partial charge in [0.15, 0.2) is 17.3 Å². The van der Waals surface area contributed by atoms with Crippen molar-refractivity contribution in [2.75, 3.05) is 0 Å². The van der Waals surface area contributed by atoms with Gasteiger partial charge in [0.25, 0.3) is 0 Å². The lowest BCUT2D eigenvalue weighted by Crippen LogP contribution is -1.95. The molecule has 1 N–H and O–H groups in total. The standard InChI is InChI=1S/C13H3Cl2N5O/c14-9-1-6(2-10(15)12(9)21)19-13-8(4-17)7(3-16)11(5-18)20-13/h1-2,21H. The van der Waals surface area contributed by atoms with Crippen molar-refractivity contribution in [1.82, 2.24) is 0 Å². The number of nitrogens with zero attached hydrogens (tertiary/aromatic N) is 5. The third kappa shape index (κ3) is 2.57. The number of aliphatic imine (C=N–C) groups is 2. The fourth-order valence-corrected chi connectivity index (χ4v) is 2.04. The van der Waals surface area contributed by atoms with Crippen LogP contribution in [0, 0.1) is 34.0 Å². The number of halogens is 2. The summed E-state index contributed by atoms with van der Waals surface area (Å²) in [6, 6.07) is 7.88. The van der Waals surface area contributed by atoms with Gasteiger partial charge in [-0.05, 0) is 12.1 Å². The number of amidine groups is 1. The maximum absolute atomic E-state index is 9.46. The molecule has 1 heterocycles. The van der Waals surface area contributed by atoms with Crippen LogP contribution in [0.15, 0.2) is 33.3 Å². The van der Waals surface area contributed by atoms with E-state index in [2.05, 4.69) is 9.98 Å². The Morgan fingerprint density at radius 3 is 2.05 bits per heavy atom. The van der Waals surface area contributed by atoms with Crippen molar-refractivity contribution >= 4 is 40.4 Å². The van der Waals surface area contributed by atoms with Crippen LogP contribution in [-0.4, -0.2) is 16.7 Å². The summed E-state index contributed by atoms with van der Waals surface area (Å²) < 4.78 is 0. The van der Waals surface area contributed by atoms with Crippen LogP contribution >= 0.6 is 23.2 Å². The van der Waals surface area contributed by atoms with E-state index >= 15 is 0 Å². The van der Waals surface area contributed by atoms with E-state index in [1.165, 1.54) is 12.1 Å². The highest BCUT2D eigenvalue weighted by Gasteiger charge is 2.25. The van der Waals surface area contributed by atoms with E-state index in [-0.39, 0.29) is 44.2 Å². The summed E-state index contributed by atoms with van der Waals surface area (Å²) in [4.78, 5) is 7.86. The number of allylic oxidation sites excluding steroid dienone is 1. The predicted molar refractivity (Wildman–Crippen MR) is 76.5 cm³/mol. The molecule has 0 aromatic heterocycles. The lowest BCUT2D eigenvalue weighted by molar-refractivity contribution is 0.476. The Kier molecular flexibility index (Phi) is 3.91. The molecule has 0 saturated heterocycles.